The Morgan fingerprint density at radius 1 is 0.960 bits per heavy atom. The van der Waals surface area contributed by atoms with Gasteiger partial charge in [-0.3, -0.25) is 0 Å². The summed E-state index contributed by atoms with van der Waals surface area (Å²) in [7, 11) is 0. The number of carbonyl (C=O) groups is 1. The molecule has 0 bridgehead atoms. The predicted molar refractivity (Wildman–Crippen MR) is 99.9 cm³/mol. The minimum atomic E-state index is -0.458. The number of hydrogen-bond acceptors (Lipinski definition) is 3. The van der Waals surface area contributed by atoms with Crippen molar-refractivity contribution in [2.75, 3.05) is 6.61 Å². The van der Waals surface area contributed by atoms with Gasteiger partial charge in [-0.2, -0.15) is 0 Å². The van der Waals surface area contributed by atoms with Crippen molar-refractivity contribution in [3.63, 3.8) is 0 Å². The monoisotopic (exact) mass is 344 g/mol. The fourth-order valence-electron chi connectivity index (χ4n) is 4.40. The van der Waals surface area contributed by atoms with Crippen LogP contribution in [0.4, 0.5) is 0 Å². The summed E-state index contributed by atoms with van der Waals surface area (Å²) in [6.45, 7) is 2.26. The lowest BCUT2D eigenvalue weighted by molar-refractivity contribution is -0.154. The number of benzene rings is 1. The average Bonchev–Trinajstić information content (AvgIpc) is 2.68. The molecule has 138 valence electrons. The third kappa shape index (κ3) is 4.99. The first-order chi connectivity index (χ1) is 12.3. The van der Waals surface area contributed by atoms with E-state index in [-0.39, 0.29) is 11.9 Å². The number of carbonyl (C=O) groups excluding carboxylic acids is 1. The van der Waals surface area contributed by atoms with E-state index in [9.17, 15) is 4.79 Å². The van der Waals surface area contributed by atoms with Crippen LogP contribution in [0.2, 0.25) is 0 Å². The maximum absolute atomic E-state index is 12.4. The summed E-state index contributed by atoms with van der Waals surface area (Å²) < 4.78 is 11.4. The predicted octanol–water partition coefficient (Wildman–Crippen LogP) is 5.63. The highest BCUT2D eigenvalue weighted by Crippen LogP contribution is 2.34. The van der Waals surface area contributed by atoms with Crippen molar-refractivity contribution in [3.8, 4) is 5.75 Å². The van der Waals surface area contributed by atoms with Crippen molar-refractivity contribution in [1.82, 2.24) is 0 Å². The third-order valence-corrected chi connectivity index (χ3v) is 5.82. The Balaban J connectivity index is 1.66. The minimum absolute atomic E-state index is 0.203. The van der Waals surface area contributed by atoms with Gasteiger partial charge in [0, 0.05) is 5.92 Å². The Labute approximate surface area is 152 Å². The van der Waals surface area contributed by atoms with Crippen molar-refractivity contribution in [2.24, 2.45) is 5.92 Å². The van der Waals surface area contributed by atoms with Gasteiger partial charge in [-0.15, -0.1) is 0 Å². The normalized spacial score (nSPS) is 20.8. The smallest absolute Gasteiger partial charge is 0.347 e. The zero-order chi connectivity index (χ0) is 17.5. The van der Waals surface area contributed by atoms with Crippen molar-refractivity contribution in [1.29, 1.82) is 0 Å². The van der Waals surface area contributed by atoms with Gasteiger partial charge < -0.3 is 9.47 Å². The lowest BCUT2D eigenvalue weighted by atomic mass is 9.84. The highest BCUT2D eigenvalue weighted by molar-refractivity contribution is 5.75. The van der Waals surface area contributed by atoms with E-state index in [0.29, 0.717) is 12.5 Å². The third-order valence-electron chi connectivity index (χ3n) is 5.82. The van der Waals surface area contributed by atoms with Crippen LogP contribution in [-0.4, -0.2) is 18.7 Å². The van der Waals surface area contributed by atoms with E-state index in [0.717, 1.165) is 18.6 Å². The lowest BCUT2D eigenvalue weighted by Crippen LogP contribution is -2.37. The highest BCUT2D eigenvalue weighted by atomic mass is 16.6. The maximum atomic E-state index is 12.4. The van der Waals surface area contributed by atoms with E-state index in [1.807, 2.05) is 19.1 Å². The van der Waals surface area contributed by atoms with Crippen LogP contribution in [0.1, 0.15) is 82.6 Å². The van der Waals surface area contributed by atoms with Crippen LogP contribution in [-0.2, 0) is 9.53 Å². The molecule has 2 saturated carbocycles. The van der Waals surface area contributed by atoms with Crippen LogP contribution < -0.4 is 4.74 Å². The summed E-state index contributed by atoms with van der Waals surface area (Å²) in [5, 5.41) is 0. The van der Waals surface area contributed by atoms with E-state index in [1.165, 1.54) is 56.9 Å². The van der Waals surface area contributed by atoms with Gasteiger partial charge in [-0.25, -0.2) is 4.79 Å². The Kier molecular flexibility index (Phi) is 6.77. The number of hydrogen-bond donors (Lipinski definition) is 0. The summed E-state index contributed by atoms with van der Waals surface area (Å²) in [5.74, 6) is 1.57. The fraction of sp³-hybridized carbons (Fsp3) is 0.682. The standard InChI is InChI=1S/C22H32O3/c1-2-24-22(23)21(19-11-7-4-8-12-19)25-20-15-13-18(14-16-20)17-9-5-3-6-10-17/h13-17,19,21H,2-12H2,1H3. The minimum Gasteiger partial charge on any atom is -0.478 e. The van der Waals surface area contributed by atoms with Gasteiger partial charge in [0.15, 0.2) is 6.10 Å². The van der Waals surface area contributed by atoms with E-state index >= 15 is 0 Å². The molecular formula is C22H32O3. The topological polar surface area (TPSA) is 35.5 Å². The van der Waals surface area contributed by atoms with Gasteiger partial charge in [-0.05, 0) is 56.2 Å². The molecular weight excluding hydrogens is 312 g/mol. The SMILES string of the molecule is CCOC(=O)C(Oc1ccc(C2CCCCC2)cc1)C1CCCCC1. The first-order valence-electron chi connectivity index (χ1n) is 10.2. The summed E-state index contributed by atoms with van der Waals surface area (Å²) in [4.78, 5) is 12.4. The second-order valence-corrected chi connectivity index (χ2v) is 7.59. The molecule has 0 aromatic heterocycles. The molecule has 0 heterocycles. The molecule has 2 aliphatic carbocycles. The Hall–Kier alpha value is -1.51. The van der Waals surface area contributed by atoms with Crippen LogP contribution >= 0.6 is 0 Å². The van der Waals surface area contributed by atoms with Gasteiger partial charge in [-0.1, -0.05) is 50.7 Å². The molecule has 25 heavy (non-hydrogen) atoms. The second-order valence-electron chi connectivity index (χ2n) is 7.59. The molecule has 3 nitrogen and oxygen atoms in total. The van der Waals surface area contributed by atoms with Crippen molar-refractivity contribution >= 4 is 5.97 Å². The molecule has 1 aromatic carbocycles. The van der Waals surface area contributed by atoms with Crippen LogP contribution in [0.25, 0.3) is 0 Å². The van der Waals surface area contributed by atoms with Crippen LogP contribution in [0.3, 0.4) is 0 Å². The summed E-state index contributed by atoms with van der Waals surface area (Å²) in [6.07, 6.45) is 12.0. The fourth-order valence-corrected chi connectivity index (χ4v) is 4.40. The quantitative estimate of drug-likeness (QED) is 0.628. The molecule has 2 fully saturated rings. The van der Waals surface area contributed by atoms with Crippen molar-refractivity contribution in [3.05, 3.63) is 29.8 Å². The summed E-state index contributed by atoms with van der Waals surface area (Å²) in [6, 6.07) is 8.46. The molecule has 3 heteroatoms. The molecule has 1 aromatic rings. The molecule has 0 N–H and O–H groups in total. The van der Waals surface area contributed by atoms with Crippen molar-refractivity contribution in [2.45, 2.75) is 83.2 Å². The second kappa shape index (κ2) is 9.26. The number of ether oxygens (including phenoxy) is 2. The first kappa shape index (κ1) is 18.3. The zero-order valence-corrected chi connectivity index (χ0v) is 15.5. The van der Waals surface area contributed by atoms with Gasteiger partial charge >= 0.3 is 5.97 Å². The molecule has 2 aliphatic rings. The van der Waals surface area contributed by atoms with E-state index in [4.69, 9.17) is 9.47 Å². The Morgan fingerprint density at radius 3 is 2.16 bits per heavy atom. The van der Waals surface area contributed by atoms with Gasteiger partial charge in [0.25, 0.3) is 0 Å². The molecule has 0 amide bonds. The van der Waals surface area contributed by atoms with Crippen molar-refractivity contribution < 1.29 is 14.3 Å². The molecule has 1 unspecified atom stereocenters. The molecule has 0 radical (unpaired) electrons. The Bertz CT molecular complexity index is 525. The average molecular weight is 344 g/mol. The van der Waals surface area contributed by atoms with Crippen LogP contribution in [0.15, 0.2) is 24.3 Å². The van der Waals surface area contributed by atoms with Gasteiger partial charge in [0.1, 0.15) is 5.75 Å². The van der Waals surface area contributed by atoms with Gasteiger partial charge in [0.2, 0.25) is 0 Å². The number of esters is 1. The summed E-state index contributed by atoms with van der Waals surface area (Å²) in [5.41, 5.74) is 1.41. The molecule has 1 atom stereocenters. The molecule has 0 aliphatic heterocycles. The van der Waals surface area contributed by atoms with Crippen LogP contribution in [0.5, 0.6) is 5.75 Å². The van der Waals surface area contributed by atoms with E-state index in [2.05, 4.69) is 12.1 Å². The maximum Gasteiger partial charge on any atom is 0.347 e. The zero-order valence-electron chi connectivity index (χ0n) is 15.5. The molecule has 0 saturated heterocycles. The molecule has 3 rings (SSSR count). The van der Waals surface area contributed by atoms with E-state index < -0.39 is 6.10 Å². The van der Waals surface area contributed by atoms with E-state index in [1.54, 1.807) is 0 Å². The highest BCUT2D eigenvalue weighted by Gasteiger charge is 2.32. The summed E-state index contributed by atoms with van der Waals surface area (Å²) >= 11 is 0. The number of rotatable bonds is 6. The first-order valence-corrected chi connectivity index (χ1v) is 10.2. The lowest BCUT2D eigenvalue weighted by Gasteiger charge is -2.29. The van der Waals surface area contributed by atoms with Crippen LogP contribution in [0, 0.1) is 5.92 Å². The van der Waals surface area contributed by atoms with Gasteiger partial charge in [0.05, 0.1) is 6.61 Å². The Morgan fingerprint density at radius 2 is 1.56 bits per heavy atom. The largest absolute Gasteiger partial charge is 0.478 e. The molecule has 0 spiro atoms.